The third-order valence-corrected chi connectivity index (χ3v) is 4.41. The van der Waals surface area contributed by atoms with Crippen molar-refractivity contribution in [2.75, 3.05) is 39.1 Å². The lowest BCUT2D eigenvalue weighted by Crippen LogP contribution is -2.29. The molecule has 1 atom stereocenters. The van der Waals surface area contributed by atoms with Crippen LogP contribution < -0.4 is 15.8 Å². The highest BCUT2D eigenvalue weighted by Gasteiger charge is 2.19. The Balaban J connectivity index is 0.00000136. The molecule has 0 saturated carbocycles. The number of nitrogens with one attached hydrogen (secondary N) is 1. The largest absolute Gasteiger partial charge is 0.491 e. The zero-order valence-corrected chi connectivity index (χ0v) is 17.0. The fraction of sp³-hybridized carbons (Fsp3) is 0.524. The second-order valence-electron chi connectivity index (χ2n) is 6.47. The Hall–Kier alpha value is -2.22. The molecule has 1 saturated heterocycles. The molecule has 154 valence electrons. The molecular weight excluding hydrogens is 356 g/mol. The molecule has 0 amide bonds. The van der Waals surface area contributed by atoms with E-state index in [-0.39, 0.29) is 12.6 Å². The molecule has 2 aromatic rings. The van der Waals surface area contributed by atoms with Crippen molar-refractivity contribution in [1.29, 1.82) is 0 Å². The van der Waals surface area contributed by atoms with E-state index in [1.807, 2.05) is 44.2 Å². The van der Waals surface area contributed by atoms with Crippen LogP contribution in [0.5, 0.6) is 5.75 Å². The lowest BCUT2D eigenvalue weighted by atomic mass is 9.95. The normalized spacial score (nSPS) is 15.4. The zero-order chi connectivity index (χ0) is 20.4. The fourth-order valence-corrected chi connectivity index (χ4v) is 3.07. The molecule has 1 aromatic heterocycles. The Bertz CT molecular complexity index is 721. The fourth-order valence-electron chi connectivity index (χ4n) is 3.07. The van der Waals surface area contributed by atoms with Gasteiger partial charge in [0.2, 0.25) is 5.95 Å². The van der Waals surface area contributed by atoms with E-state index in [1.165, 1.54) is 0 Å². The number of benzene rings is 1. The maximum atomic E-state index is 9.78. The van der Waals surface area contributed by atoms with Gasteiger partial charge < -0.3 is 25.6 Å². The summed E-state index contributed by atoms with van der Waals surface area (Å²) in [5, 5.41) is 12.7. The number of anilines is 1. The van der Waals surface area contributed by atoms with Crippen LogP contribution >= 0.6 is 0 Å². The third-order valence-electron chi connectivity index (χ3n) is 4.41. The van der Waals surface area contributed by atoms with Gasteiger partial charge in [0, 0.05) is 36.9 Å². The van der Waals surface area contributed by atoms with Gasteiger partial charge in [0.15, 0.2) is 0 Å². The average molecular weight is 389 g/mol. The number of hydrogen-bond acceptors (Lipinski definition) is 7. The molecule has 7 heteroatoms. The average Bonchev–Trinajstić information content (AvgIpc) is 2.74. The van der Waals surface area contributed by atoms with Crippen LogP contribution in [-0.4, -0.2) is 54.6 Å². The van der Waals surface area contributed by atoms with E-state index >= 15 is 0 Å². The van der Waals surface area contributed by atoms with Crippen molar-refractivity contribution < 1.29 is 14.6 Å². The summed E-state index contributed by atoms with van der Waals surface area (Å²) in [7, 11) is 1.79. The second-order valence-corrected chi connectivity index (χ2v) is 6.47. The Morgan fingerprint density at radius 3 is 2.71 bits per heavy atom. The van der Waals surface area contributed by atoms with Crippen LogP contribution in [0.25, 0.3) is 11.3 Å². The summed E-state index contributed by atoms with van der Waals surface area (Å²) < 4.78 is 11.1. The molecule has 4 N–H and O–H groups in total. The highest BCUT2D eigenvalue weighted by atomic mass is 16.5. The first-order chi connectivity index (χ1) is 13.7. The molecule has 3 rings (SSSR count). The van der Waals surface area contributed by atoms with Gasteiger partial charge in [-0.15, -0.1) is 0 Å². The van der Waals surface area contributed by atoms with Crippen molar-refractivity contribution in [2.45, 2.75) is 38.7 Å². The smallest absolute Gasteiger partial charge is 0.220 e. The molecule has 1 unspecified atom stereocenters. The first kappa shape index (κ1) is 22.1. The summed E-state index contributed by atoms with van der Waals surface area (Å²) in [5.41, 5.74) is 8.60. The van der Waals surface area contributed by atoms with Crippen molar-refractivity contribution in [3.05, 3.63) is 36.0 Å². The molecule has 0 radical (unpaired) electrons. The minimum Gasteiger partial charge on any atom is -0.491 e. The maximum Gasteiger partial charge on any atom is 0.220 e. The van der Waals surface area contributed by atoms with Gasteiger partial charge in [-0.3, -0.25) is 0 Å². The highest BCUT2D eigenvalue weighted by Crippen LogP contribution is 2.29. The number of hydrogen-bond donors (Lipinski definition) is 3. The van der Waals surface area contributed by atoms with E-state index in [0.717, 1.165) is 43.0 Å². The van der Waals surface area contributed by atoms with E-state index < -0.39 is 6.10 Å². The minimum absolute atomic E-state index is 0.226. The minimum atomic E-state index is -0.557. The van der Waals surface area contributed by atoms with Crippen LogP contribution in [0, 0.1) is 0 Å². The van der Waals surface area contributed by atoms with E-state index in [2.05, 4.69) is 15.3 Å². The van der Waals surface area contributed by atoms with Crippen molar-refractivity contribution in [1.82, 2.24) is 15.3 Å². The monoisotopic (exact) mass is 388 g/mol. The number of nitrogen functional groups attached to an aromatic ring is 1. The summed E-state index contributed by atoms with van der Waals surface area (Å²) in [5.74, 6) is 1.31. The number of nitrogens with two attached hydrogens (primary N) is 1. The SMILES string of the molecule is CC.CNCC(O)COc1cccc(-c2cc(C3CCOCC3)nc(N)n2)c1. The van der Waals surface area contributed by atoms with Crippen LogP contribution in [-0.2, 0) is 4.74 Å². The van der Waals surface area contributed by atoms with Crippen molar-refractivity contribution >= 4 is 5.95 Å². The first-order valence-corrected chi connectivity index (χ1v) is 9.94. The van der Waals surface area contributed by atoms with Crippen molar-refractivity contribution in [3.63, 3.8) is 0 Å². The van der Waals surface area contributed by atoms with Gasteiger partial charge in [0.25, 0.3) is 0 Å². The highest BCUT2D eigenvalue weighted by molar-refractivity contribution is 5.62. The lowest BCUT2D eigenvalue weighted by Gasteiger charge is -2.22. The van der Waals surface area contributed by atoms with Crippen molar-refractivity contribution in [2.24, 2.45) is 0 Å². The number of likely N-dealkylation sites (N-methyl/N-ethyl adjacent to an activating group) is 1. The molecule has 1 fully saturated rings. The summed E-state index contributed by atoms with van der Waals surface area (Å²) >= 11 is 0. The van der Waals surface area contributed by atoms with Gasteiger partial charge in [0.1, 0.15) is 18.5 Å². The topological polar surface area (TPSA) is 103 Å². The van der Waals surface area contributed by atoms with Gasteiger partial charge in [-0.1, -0.05) is 26.0 Å². The Morgan fingerprint density at radius 1 is 1.25 bits per heavy atom. The van der Waals surface area contributed by atoms with Gasteiger partial charge in [-0.2, -0.15) is 0 Å². The van der Waals surface area contributed by atoms with E-state index in [1.54, 1.807) is 7.05 Å². The van der Waals surface area contributed by atoms with Gasteiger partial charge in [-0.25, -0.2) is 9.97 Å². The Labute approximate surface area is 167 Å². The quantitative estimate of drug-likeness (QED) is 0.670. The van der Waals surface area contributed by atoms with E-state index in [4.69, 9.17) is 15.2 Å². The van der Waals surface area contributed by atoms with Crippen LogP contribution in [0.15, 0.2) is 30.3 Å². The summed E-state index contributed by atoms with van der Waals surface area (Å²) in [6.45, 7) is 6.21. The Kier molecular flexibility index (Phi) is 9.13. The number of nitrogens with zero attached hydrogens (tertiary/aromatic N) is 2. The molecule has 0 bridgehead atoms. The van der Waals surface area contributed by atoms with Crippen LogP contribution in [0.3, 0.4) is 0 Å². The van der Waals surface area contributed by atoms with Gasteiger partial charge >= 0.3 is 0 Å². The molecule has 1 aliphatic heterocycles. The molecule has 1 aliphatic rings. The number of ether oxygens (including phenoxy) is 2. The van der Waals surface area contributed by atoms with Crippen LogP contribution in [0.1, 0.15) is 38.3 Å². The lowest BCUT2D eigenvalue weighted by molar-refractivity contribution is 0.0845. The molecule has 1 aromatic carbocycles. The number of aromatic nitrogens is 2. The third kappa shape index (κ3) is 6.44. The van der Waals surface area contributed by atoms with Gasteiger partial charge in [-0.05, 0) is 38.1 Å². The number of aliphatic hydroxyl groups excluding tert-OH is 1. The van der Waals surface area contributed by atoms with E-state index in [0.29, 0.717) is 18.2 Å². The molecule has 0 aliphatic carbocycles. The van der Waals surface area contributed by atoms with E-state index in [9.17, 15) is 5.11 Å². The number of aliphatic hydroxyl groups is 1. The summed E-state index contributed by atoms with van der Waals surface area (Å²) in [6, 6.07) is 9.64. The predicted molar refractivity (Wildman–Crippen MR) is 111 cm³/mol. The van der Waals surface area contributed by atoms with Crippen LogP contribution in [0.2, 0.25) is 0 Å². The number of rotatable bonds is 7. The zero-order valence-electron chi connectivity index (χ0n) is 17.0. The maximum absolute atomic E-state index is 9.78. The molecular formula is C21H32N4O3. The predicted octanol–water partition coefficient (Wildman–Crippen LogP) is 2.61. The van der Waals surface area contributed by atoms with Crippen molar-refractivity contribution in [3.8, 4) is 17.0 Å². The molecule has 0 spiro atoms. The Morgan fingerprint density at radius 2 is 2.00 bits per heavy atom. The standard InChI is InChI=1S/C19H26N4O3.C2H6/c1-21-11-15(24)12-26-16-4-2-3-14(9-16)18-10-17(22-19(20)23-18)13-5-7-25-8-6-13;1-2/h2-4,9-10,13,15,21,24H,5-8,11-12H2,1H3,(H2,20,22,23);1-2H3. The molecule has 2 heterocycles. The van der Waals surface area contributed by atoms with Crippen LogP contribution in [0.4, 0.5) is 5.95 Å². The first-order valence-electron chi connectivity index (χ1n) is 9.94. The summed E-state index contributed by atoms with van der Waals surface area (Å²) in [6.07, 6.45) is 1.34. The van der Waals surface area contributed by atoms with Gasteiger partial charge in [0.05, 0.1) is 5.69 Å². The molecule has 28 heavy (non-hydrogen) atoms. The summed E-state index contributed by atoms with van der Waals surface area (Å²) in [4.78, 5) is 8.81. The second kappa shape index (κ2) is 11.6. The molecule has 7 nitrogen and oxygen atoms in total.